The van der Waals surface area contributed by atoms with Crippen LogP contribution in [0, 0.1) is 0 Å². The highest BCUT2D eigenvalue weighted by molar-refractivity contribution is 6.07. The van der Waals surface area contributed by atoms with Crippen molar-refractivity contribution in [1.82, 2.24) is 10.2 Å². The summed E-state index contributed by atoms with van der Waals surface area (Å²) in [5, 5.41) is 2.85. The number of methoxy groups -OCH3 is 1. The van der Waals surface area contributed by atoms with Gasteiger partial charge in [-0.2, -0.15) is 0 Å². The Labute approximate surface area is 154 Å². The van der Waals surface area contributed by atoms with Crippen LogP contribution in [0.5, 0.6) is 5.75 Å². The smallest absolute Gasteiger partial charge is 0.325 e. The van der Waals surface area contributed by atoms with Crippen molar-refractivity contribution in [3.63, 3.8) is 0 Å². The fourth-order valence-corrected chi connectivity index (χ4v) is 3.19. The highest BCUT2D eigenvalue weighted by Crippen LogP contribution is 2.31. The molecule has 0 saturated carbocycles. The van der Waals surface area contributed by atoms with Gasteiger partial charge >= 0.3 is 6.03 Å². The van der Waals surface area contributed by atoms with Crippen LogP contribution in [-0.4, -0.2) is 23.9 Å². The van der Waals surface area contributed by atoms with Crippen molar-refractivity contribution in [3.8, 4) is 5.75 Å². The summed E-state index contributed by atoms with van der Waals surface area (Å²) in [5.74, 6) is 0.861. The lowest BCUT2D eigenvalue weighted by Gasteiger charge is -2.23. The van der Waals surface area contributed by atoms with Gasteiger partial charge in [0.2, 0.25) is 0 Å². The molecule has 26 heavy (non-hydrogen) atoms. The number of urea groups is 1. The third-order valence-electron chi connectivity index (χ3n) is 4.90. The zero-order valence-electron chi connectivity index (χ0n) is 15.6. The van der Waals surface area contributed by atoms with Gasteiger partial charge in [0.25, 0.3) is 5.91 Å². The second kappa shape index (κ2) is 6.83. The van der Waals surface area contributed by atoms with E-state index in [0.29, 0.717) is 11.7 Å². The van der Waals surface area contributed by atoms with Gasteiger partial charge in [0, 0.05) is 0 Å². The quantitative estimate of drug-likeness (QED) is 0.833. The average Bonchev–Trinajstić information content (AvgIpc) is 2.86. The molecule has 5 heteroatoms. The van der Waals surface area contributed by atoms with Crippen LogP contribution in [-0.2, 0) is 16.9 Å². The predicted molar refractivity (Wildman–Crippen MR) is 100.0 cm³/mol. The Balaban J connectivity index is 1.85. The van der Waals surface area contributed by atoms with Gasteiger partial charge < -0.3 is 10.1 Å². The Bertz CT molecular complexity index is 829. The van der Waals surface area contributed by atoms with Crippen molar-refractivity contribution in [2.75, 3.05) is 7.11 Å². The van der Waals surface area contributed by atoms with Gasteiger partial charge in [-0.15, -0.1) is 0 Å². The molecule has 0 aliphatic carbocycles. The normalized spacial score (nSPS) is 19.8. The van der Waals surface area contributed by atoms with Crippen molar-refractivity contribution in [1.29, 1.82) is 0 Å². The van der Waals surface area contributed by atoms with Gasteiger partial charge in [-0.25, -0.2) is 4.79 Å². The minimum Gasteiger partial charge on any atom is -0.497 e. The summed E-state index contributed by atoms with van der Waals surface area (Å²) < 4.78 is 5.21. The standard InChI is InChI=1S/C21H24N2O3/c1-14(2)16-8-10-17(11-9-16)21(3)19(24)23(20(25)22-21)13-15-6-5-7-18(12-15)26-4/h5-12,14H,13H2,1-4H3,(H,22,25). The number of hydrogen-bond donors (Lipinski definition) is 1. The van der Waals surface area contributed by atoms with Crippen LogP contribution in [0.4, 0.5) is 4.79 Å². The molecule has 0 radical (unpaired) electrons. The second-order valence-corrected chi connectivity index (χ2v) is 7.07. The third kappa shape index (κ3) is 3.17. The predicted octanol–water partition coefficient (Wildman–Crippen LogP) is 3.79. The number of nitrogens with zero attached hydrogens (tertiary/aromatic N) is 1. The first-order chi connectivity index (χ1) is 12.3. The minimum atomic E-state index is -1.05. The minimum absolute atomic E-state index is 0.210. The average molecular weight is 352 g/mol. The molecule has 0 aromatic heterocycles. The van der Waals surface area contributed by atoms with Gasteiger partial charge in [-0.3, -0.25) is 9.69 Å². The molecule has 1 aliphatic rings. The molecule has 1 heterocycles. The third-order valence-corrected chi connectivity index (χ3v) is 4.90. The molecule has 3 amide bonds. The first-order valence-corrected chi connectivity index (χ1v) is 8.72. The molecular weight excluding hydrogens is 328 g/mol. The van der Waals surface area contributed by atoms with Crippen LogP contribution >= 0.6 is 0 Å². The van der Waals surface area contributed by atoms with Crippen molar-refractivity contribution < 1.29 is 14.3 Å². The molecule has 1 N–H and O–H groups in total. The number of rotatable bonds is 5. The van der Waals surface area contributed by atoms with E-state index in [0.717, 1.165) is 11.1 Å². The molecule has 2 aromatic carbocycles. The lowest BCUT2D eigenvalue weighted by Crippen LogP contribution is -2.40. The van der Waals surface area contributed by atoms with Crippen LogP contribution in [0.1, 0.15) is 43.4 Å². The molecule has 2 aromatic rings. The summed E-state index contributed by atoms with van der Waals surface area (Å²) in [4.78, 5) is 26.8. The van der Waals surface area contributed by atoms with Crippen LogP contribution < -0.4 is 10.1 Å². The zero-order chi connectivity index (χ0) is 18.9. The van der Waals surface area contributed by atoms with Gasteiger partial charge in [0.05, 0.1) is 13.7 Å². The van der Waals surface area contributed by atoms with Crippen LogP contribution in [0.15, 0.2) is 48.5 Å². The van der Waals surface area contributed by atoms with E-state index in [4.69, 9.17) is 4.74 Å². The van der Waals surface area contributed by atoms with Crippen LogP contribution in [0.2, 0.25) is 0 Å². The van der Waals surface area contributed by atoms with Crippen LogP contribution in [0.3, 0.4) is 0 Å². The first-order valence-electron chi connectivity index (χ1n) is 8.72. The summed E-state index contributed by atoms with van der Waals surface area (Å²) in [7, 11) is 1.59. The Hall–Kier alpha value is -2.82. The lowest BCUT2D eigenvalue weighted by molar-refractivity contribution is -0.131. The second-order valence-electron chi connectivity index (χ2n) is 7.07. The number of amides is 3. The number of hydrogen-bond acceptors (Lipinski definition) is 3. The maximum absolute atomic E-state index is 13.0. The molecule has 1 saturated heterocycles. The molecule has 136 valence electrons. The lowest BCUT2D eigenvalue weighted by atomic mass is 9.90. The molecule has 1 unspecified atom stereocenters. The Kier molecular flexibility index (Phi) is 4.72. The van der Waals surface area contributed by atoms with E-state index < -0.39 is 5.54 Å². The highest BCUT2D eigenvalue weighted by atomic mass is 16.5. The van der Waals surface area contributed by atoms with E-state index in [2.05, 4.69) is 19.2 Å². The van der Waals surface area contributed by atoms with Gasteiger partial charge in [0.15, 0.2) is 0 Å². The molecule has 1 fully saturated rings. The van der Waals surface area contributed by atoms with Gasteiger partial charge in [-0.1, -0.05) is 50.2 Å². The van der Waals surface area contributed by atoms with Crippen molar-refractivity contribution >= 4 is 11.9 Å². The number of carbonyl (C=O) groups excluding carboxylic acids is 2. The monoisotopic (exact) mass is 352 g/mol. The summed E-state index contributed by atoms with van der Waals surface area (Å²) in [5.41, 5.74) is 1.77. The Morgan fingerprint density at radius 1 is 1.12 bits per heavy atom. The number of nitrogens with one attached hydrogen (secondary N) is 1. The van der Waals surface area contributed by atoms with E-state index in [-0.39, 0.29) is 18.5 Å². The molecule has 5 nitrogen and oxygen atoms in total. The van der Waals surface area contributed by atoms with Crippen molar-refractivity contribution in [2.24, 2.45) is 0 Å². The Morgan fingerprint density at radius 3 is 2.42 bits per heavy atom. The van der Waals surface area contributed by atoms with Gasteiger partial charge in [-0.05, 0) is 41.7 Å². The fourth-order valence-electron chi connectivity index (χ4n) is 3.19. The molecule has 3 rings (SSSR count). The Morgan fingerprint density at radius 2 is 1.81 bits per heavy atom. The largest absolute Gasteiger partial charge is 0.497 e. The molecule has 0 spiro atoms. The number of benzene rings is 2. The fraction of sp³-hybridized carbons (Fsp3) is 0.333. The summed E-state index contributed by atoms with van der Waals surface area (Å²) in [6.45, 7) is 6.20. The van der Waals surface area contributed by atoms with E-state index in [9.17, 15) is 9.59 Å². The summed E-state index contributed by atoms with van der Waals surface area (Å²) >= 11 is 0. The summed E-state index contributed by atoms with van der Waals surface area (Å²) in [6.07, 6.45) is 0. The van der Waals surface area contributed by atoms with E-state index in [1.807, 2.05) is 48.5 Å². The van der Waals surface area contributed by atoms with Gasteiger partial charge in [0.1, 0.15) is 11.3 Å². The molecule has 1 aliphatic heterocycles. The maximum Gasteiger partial charge on any atom is 0.325 e. The number of carbonyl (C=O) groups is 2. The number of ether oxygens (including phenoxy) is 1. The SMILES string of the molecule is COc1cccc(CN2C(=O)NC(C)(c3ccc(C(C)C)cc3)C2=O)c1. The van der Waals surface area contributed by atoms with Crippen molar-refractivity contribution in [2.45, 2.75) is 38.8 Å². The van der Waals surface area contributed by atoms with E-state index in [1.54, 1.807) is 14.0 Å². The number of imide groups is 1. The van der Waals surface area contributed by atoms with Crippen LogP contribution in [0.25, 0.3) is 0 Å². The zero-order valence-corrected chi connectivity index (χ0v) is 15.6. The summed E-state index contributed by atoms with van der Waals surface area (Å²) in [6, 6.07) is 14.8. The van der Waals surface area contributed by atoms with E-state index >= 15 is 0 Å². The molecule has 1 atom stereocenters. The topological polar surface area (TPSA) is 58.6 Å². The van der Waals surface area contributed by atoms with E-state index in [1.165, 1.54) is 10.5 Å². The molecular formula is C21H24N2O3. The highest BCUT2D eigenvalue weighted by Gasteiger charge is 2.48. The van der Waals surface area contributed by atoms with Crippen molar-refractivity contribution in [3.05, 3.63) is 65.2 Å². The molecule has 0 bridgehead atoms. The maximum atomic E-state index is 13.0. The first kappa shape index (κ1) is 18.0.